The van der Waals surface area contributed by atoms with Gasteiger partial charge in [0.2, 0.25) is 0 Å². The van der Waals surface area contributed by atoms with Gasteiger partial charge in [0.15, 0.2) is 5.82 Å². The quantitative estimate of drug-likeness (QED) is 0.472. The average molecular weight is 453 g/mol. The van der Waals surface area contributed by atoms with E-state index in [-0.39, 0.29) is 5.91 Å². The number of carbonyl (C=O) groups is 1. The summed E-state index contributed by atoms with van der Waals surface area (Å²) in [6.45, 7) is 3.47. The number of aromatic amines is 1. The monoisotopic (exact) mass is 452 g/mol. The Bertz CT molecular complexity index is 1270. The minimum atomic E-state index is 0.0762. The van der Waals surface area contributed by atoms with Crippen molar-refractivity contribution < 1.29 is 4.79 Å². The largest absolute Gasteiger partial charge is 0.341 e. The molecule has 4 aromatic rings. The average Bonchev–Trinajstić information content (AvgIpc) is 3.31. The molecule has 7 nitrogen and oxygen atoms in total. The first-order valence-corrected chi connectivity index (χ1v) is 11.7. The molecule has 1 aliphatic rings. The van der Waals surface area contributed by atoms with Crippen molar-refractivity contribution in [2.75, 3.05) is 13.1 Å². The van der Waals surface area contributed by atoms with Crippen molar-refractivity contribution in [1.82, 2.24) is 29.8 Å². The van der Waals surface area contributed by atoms with Gasteiger partial charge in [-0.15, -0.1) is 0 Å². The van der Waals surface area contributed by atoms with Crippen molar-refractivity contribution in [2.45, 2.75) is 32.6 Å². The van der Waals surface area contributed by atoms with Gasteiger partial charge in [0.25, 0.3) is 5.91 Å². The SMILES string of the molecule is Cc1cnc(-c2cncc(C[C@@H]3CCCN(C(=O)c4ccnc(Cc5ccccc5)c4)C3)n2)[nH]1. The van der Waals surface area contributed by atoms with E-state index in [0.717, 1.165) is 67.4 Å². The standard InChI is InChI=1S/C27H28N6O/c1-19-15-30-26(31-19)25-17-28-16-24(32-25)13-21-8-5-11-33(18-21)27(34)22-9-10-29-23(14-22)12-20-6-3-2-4-7-20/h2-4,6-7,9-10,14-17,21H,5,8,11-13,18H2,1H3,(H,30,31)/t21-/m0/s1. The highest BCUT2D eigenvalue weighted by atomic mass is 16.2. The predicted octanol–water partition coefficient (Wildman–Crippen LogP) is 4.26. The summed E-state index contributed by atoms with van der Waals surface area (Å²) in [5.74, 6) is 1.16. The van der Waals surface area contributed by atoms with Crippen molar-refractivity contribution >= 4 is 5.91 Å². The molecule has 1 aliphatic heterocycles. The Morgan fingerprint density at radius 3 is 2.79 bits per heavy atom. The van der Waals surface area contributed by atoms with Crippen LogP contribution in [0.3, 0.4) is 0 Å². The Labute approximate surface area is 199 Å². The van der Waals surface area contributed by atoms with Crippen LogP contribution in [-0.4, -0.2) is 48.8 Å². The molecule has 0 saturated carbocycles. The Morgan fingerprint density at radius 2 is 1.97 bits per heavy atom. The Balaban J connectivity index is 1.25. The van der Waals surface area contributed by atoms with E-state index in [4.69, 9.17) is 4.98 Å². The highest BCUT2D eigenvalue weighted by Gasteiger charge is 2.25. The molecular formula is C27H28N6O. The number of pyridine rings is 1. The zero-order chi connectivity index (χ0) is 23.3. The normalized spacial score (nSPS) is 15.9. The van der Waals surface area contributed by atoms with Gasteiger partial charge in [-0.25, -0.2) is 9.97 Å². The molecule has 0 bridgehead atoms. The number of likely N-dealkylation sites (tertiary alicyclic amines) is 1. The second-order valence-electron chi connectivity index (χ2n) is 8.97. The summed E-state index contributed by atoms with van der Waals surface area (Å²) >= 11 is 0. The molecule has 5 rings (SSSR count). The topological polar surface area (TPSA) is 87.7 Å². The van der Waals surface area contributed by atoms with Crippen molar-refractivity contribution in [3.63, 3.8) is 0 Å². The van der Waals surface area contributed by atoms with Gasteiger partial charge < -0.3 is 9.88 Å². The van der Waals surface area contributed by atoms with Crippen LogP contribution in [0.1, 0.15) is 45.8 Å². The fourth-order valence-corrected chi connectivity index (χ4v) is 4.57. The first-order valence-electron chi connectivity index (χ1n) is 11.7. The molecule has 1 aromatic carbocycles. The van der Waals surface area contributed by atoms with Gasteiger partial charge in [0, 0.05) is 55.1 Å². The van der Waals surface area contributed by atoms with E-state index >= 15 is 0 Å². The Hall–Kier alpha value is -3.87. The maximum atomic E-state index is 13.3. The molecular weight excluding hydrogens is 424 g/mol. The summed E-state index contributed by atoms with van der Waals surface area (Å²) in [6.07, 6.45) is 10.7. The molecule has 1 amide bonds. The molecule has 3 aromatic heterocycles. The van der Waals surface area contributed by atoms with Gasteiger partial charge in [-0.05, 0) is 49.8 Å². The molecule has 0 spiro atoms. The summed E-state index contributed by atoms with van der Waals surface area (Å²) in [7, 11) is 0. The summed E-state index contributed by atoms with van der Waals surface area (Å²) in [5.41, 5.74) is 5.47. The maximum absolute atomic E-state index is 13.3. The number of amides is 1. The second kappa shape index (κ2) is 9.95. The lowest BCUT2D eigenvalue weighted by Crippen LogP contribution is -2.40. The number of aromatic nitrogens is 5. The zero-order valence-electron chi connectivity index (χ0n) is 19.3. The van der Waals surface area contributed by atoms with Crippen molar-refractivity contribution in [3.8, 4) is 11.5 Å². The smallest absolute Gasteiger partial charge is 0.253 e. The third-order valence-corrected chi connectivity index (χ3v) is 6.23. The van der Waals surface area contributed by atoms with Crippen LogP contribution in [0.4, 0.5) is 0 Å². The minimum Gasteiger partial charge on any atom is -0.341 e. The number of benzene rings is 1. The predicted molar refractivity (Wildman–Crippen MR) is 130 cm³/mol. The minimum absolute atomic E-state index is 0.0762. The fourth-order valence-electron chi connectivity index (χ4n) is 4.57. The van der Waals surface area contributed by atoms with Crippen LogP contribution in [0.5, 0.6) is 0 Å². The van der Waals surface area contributed by atoms with Crippen LogP contribution < -0.4 is 0 Å². The number of rotatable bonds is 6. The molecule has 1 saturated heterocycles. The van der Waals surface area contributed by atoms with Crippen molar-refractivity contribution in [1.29, 1.82) is 0 Å². The lowest BCUT2D eigenvalue weighted by Gasteiger charge is -2.32. The van der Waals surface area contributed by atoms with Crippen LogP contribution >= 0.6 is 0 Å². The highest BCUT2D eigenvalue weighted by molar-refractivity contribution is 5.94. The first-order chi connectivity index (χ1) is 16.6. The van der Waals surface area contributed by atoms with Crippen LogP contribution in [0.2, 0.25) is 0 Å². The zero-order valence-corrected chi connectivity index (χ0v) is 19.3. The van der Waals surface area contributed by atoms with Gasteiger partial charge in [-0.3, -0.25) is 14.8 Å². The van der Waals surface area contributed by atoms with Crippen molar-refractivity contribution in [3.05, 3.63) is 95.5 Å². The molecule has 0 radical (unpaired) electrons. The number of carbonyl (C=O) groups excluding carboxylic acids is 1. The molecule has 0 unspecified atom stereocenters. The fraction of sp³-hybridized carbons (Fsp3) is 0.296. The Kier molecular flexibility index (Phi) is 6.42. The van der Waals surface area contributed by atoms with Crippen LogP contribution in [0.25, 0.3) is 11.5 Å². The number of hydrogen-bond acceptors (Lipinski definition) is 5. The second-order valence-corrected chi connectivity index (χ2v) is 8.97. The number of hydrogen-bond donors (Lipinski definition) is 1. The first kappa shape index (κ1) is 21.9. The summed E-state index contributed by atoms with van der Waals surface area (Å²) in [4.78, 5) is 36.5. The van der Waals surface area contributed by atoms with Gasteiger partial charge in [0.05, 0.1) is 11.9 Å². The maximum Gasteiger partial charge on any atom is 0.253 e. The molecule has 4 heterocycles. The van der Waals surface area contributed by atoms with Gasteiger partial charge in [0.1, 0.15) is 5.69 Å². The van der Waals surface area contributed by atoms with E-state index in [1.165, 1.54) is 5.56 Å². The third-order valence-electron chi connectivity index (χ3n) is 6.23. The lowest BCUT2D eigenvalue weighted by molar-refractivity contribution is 0.0672. The molecule has 1 fully saturated rings. The van der Waals surface area contributed by atoms with E-state index < -0.39 is 0 Å². The molecule has 1 N–H and O–H groups in total. The number of H-pyrrole nitrogens is 1. The highest BCUT2D eigenvalue weighted by Crippen LogP contribution is 2.23. The number of nitrogens with zero attached hydrogens (tertiary/aromatic N) is 5. The molecule has 7 heteroatoms. The van der Waals surface area contributed by atoms with E-state index in [2.05, 4.69) is 32.1 Å². The molecule has 172 valence electrons. The Morgan fingerprint density at radius 1 is 1.09 bits per heavy atom. The summed E-state index contributed by atoms with van der Waals surface area (Å²) in [6, 6.07) is 14.0. The number of imidazole rings is 1. The lowest BCUT2D eigenvalue weighted by atomic mass is 9.93. The molecule has 1 atom stereocenters. The van der Waals surface area contributed by atoms with Gasteiger partial charge >= 0.3 is 0 Å². The van der Waals surface area contributed by atoms with Crippen LogP contribution in [-0.2, 0) is 12.8 Å². The third kappa shape index (κ3) is 5.20. The number of piperidine rings is 1. The summed E-state index contributed by atoms with van der Waals surface area (Å²) < 4.78 is 0. The number of nitrogens with one attached hydrogen (secondary N) is 1. The van der Waals surface area contributed by atoms with Crippen LogP contribution in [0, 0.1) is 12.8 Å². The van der Waals surface area contributed by atoms with Crippen molar-refractivity contribution in [2.24, 2.45) is 5.92 Å². The van der Waals surface area contributed by atoms with E-state index in [1.807, 2.05) is 48.4 Å². The van der Waals surface area contributed by atoms with E-state index in [9.17, 15) is 4.79 Å². The molecule has 0 aliphatic carbocycles. The van der Waals surface area contributed by atoms with Gasteiger partial charge in [-0.2, -0.15) is 0 Å². The number of aryl methyl sites for hydroxylation is 1. The van der Waals surface area contributed by atoms with Gasteiger partial charge in [-0.1, -0.05) is 30.3 Å². The van der Waals surface area contributed by atoms with Crippen LogP contribution in [0.15, 0.2) is 67.3 Å². The molecule has 34 heavy (non-hydrogen) atoms. The van der Waals surface area contributed by atoms with E-state index in [0.29, 0.717) is 11.5 Å². The van der Waals surface area contributed by atoms with E-state index in [1.54, 1.807) is 18.6 Å². The summed E-state index contributed by atoms with van der Waals surface area (Å²) in [5, 5.41) is 0.